The van der Waals surface area contributed by atoms with E-state index in [2.05, 4.69) is 18.4 Å². The maximum absolute atomic E-state index is 11.0. The van der Waals surface area contributed by atoms with Crippen LogP contribution < -0.4 is 5.73 Å². The molecule has 26 heavy (non-hydrogen) atoms. The van der Waals surface area contributed by atoms with Gasteiger partial charge in [0.15, 0.2) is 6.61 Å². The molecule has 1 aromatic carbocycles. The summed E-state index contributed by atoms with van der Waals surface area (Å²) in [7, 11) is 0. The minimum Gasteiger partial charge on any atom is -0.442 e. The maximum Gasteiger partial charge on any atom is 0.404 e. The number of aromatic nitrogens is 2. The molecule has 0 unspecified atom stereocenters. The van der Waals surface area contributed by atoms with E-state index in [9.17, 15) is 4.79 Å². The van der Waals surface area contributed by atoms with Crippen molar-refractivity contribution in [2.45, 2.75) is 55.7 Å². The van der Waals surface area contributed by atoms with Crippen LogP contribution in [0.3, 0.4) is 0 Å². The summed E-state index contributed by atoms with van der Waals surface area (Å²) in [6.45, 7) is 5.11. The SMILES string of the molecule is CC(C)c1nc(COC(N)=O)n(CC2CC2)c1Sc1cc(Cl)cc(Cl)c1. The Bertz CT molecular complexity index is 799. The quantitative estimate of drug-likeness (QED) is 0.652. The summed E-state index contributed by atoms with van der Waals surface area (Å²) in [5.74, 6) is 1.58. The fourth-order valence-electron chi connectivity index (χ4n) is 2.68. The van der Waals surface area contributed by atoms with E-state index in [0.29, 0.717) is 16.0 Å². The van der Waals surface area contributed by atoms with Crippen molar-refractivity contribution >= 4 is 41.1 Å². The van der Waals surface area contributed by atoms with Gasteiger partial charge in [0, 0.05) is 21.5 Å². The lowest BCUT2D eigenvalue weighted by molar-refractivity contribution is 0.145. The summed E-state index contributed by atoms with van der Waals surface area (Å²) in [6, 6.07) is 5.48. The number of rotatable bonds is 7. The third-order valence-corrected chi connectivity index (χ3v) is 5.63. The lowest BCUT2D eigenvalue weighted by Gasteiger charge is -2.13. The van der Waals surface area contributed by atoms with Gasteiger partial charge in [-0.05, 0) is 42.9 Å². The summed E-state index contributed by atoms with van der Waals surface area (Å²) in [6.07, 6.45) is 1.62. The first-order chi connectivity index (χ1) is 12.3. The maximum atomic E-state index is 11.0. The van der Waals surface area contributed by atoms with E-state index in [-0.39, 0.29) is 12.5 Å². The molecule has 2 N–H and O–H groups in total. The number of nitrogens with zero attached hydrogens (tertiary/aromatic N) is 2. The lowest BCUT2D eigenvalue weighted by Crippen LogP contribution is -2.15. The van der Waals surface area contributed by atoms with Crippen molar-refractivity contribution in [3.8, 4) is 0 Å². The zero-order chi connectivity index (χ0) is 18.8. The predicted octanol–water partition coefficient (Wildman–Crippen LogP) is 5.47. The van der Waals surface area contributed by atoms with Crippen molar-refractivity contribution in [3.05, 3.63) is 39.8 Å². The predicted molar refractivity (Wildman–Crippen MR) is 104 cm³/mol. The largest absolute Gasteiger partial charge is 0.442 e. The monoisotopic (exact) mass is 413 g/mol. The van der Waals surface area contributed by atoms with Crippen LogP contribution in [0.25, 0.3) is 0 Å². The van der Waals surface area contributed by atoms with Crippen LogP contribution in [0, 0.1) is 5.92 Å². The van der Waals surface area contributed by atoms with E-state index in [0.717, 1.165) is 28.0 Å². The molecule has 0 spiro atoms. The van der Waals surface area contributed by atoms with Gasteiger partial charge < -0.3 is 15.0 Å². The molecule has 1 amide bonds. The standard InChI is InChI=1S/C18H21Cl2N3O2S/c1-10(2)16-17(26-14-6-12(19)5-13(20)7-14)23(8-11-3-4-11)15(22-16)9-25-18(21)24/h5-7,10-11H,3-4,8-9H2,1-2H3,(H2,21,24). The first-order valence-corrected chi connectivity index (χ1v) is 10.1. The molecule has 1 fully saturated rings. The van der Waals surface area contributed by atoms with Gasteiger partial charge in [-0.1, -0.05) is 48.8 Å². The summed E-state index contributed by atoms with van der Waals surface area (Å²) < 4.78 is 7.16. The minimum absolute atomic E-state index is 0.0681. The highest BCUT2D eigenvalue weighted by atomic mass is 35.5. The Morgan fingerprint density at radius 3 is 2.54 bits per heavy atom. The molecule has 1 saturated carbocycles. The summed E-state index contributed by atoms with van der Waals surface area (Å²) in [5.41, 5.74) is 6.10. The number of halogens is 2. The molecule has 1 aromatic heterocycles. The first-order valence-electron chi connectivity index (χ1n) is 8.49. The van der Waals surface area contributed by atoms with Crippen molar-refractivity contribution in [1.29, 1.82) is 0 Å². The molecule has 8 heteroatoms. The van der Waals surface area contributed by atoms with Crippen LogP contribution in [-0.2, 0) is 17.9 Å². The number of benzene rings is 1. The molecular formula is C18H21Cl2N3O2S. The van der Waals surface area contributed by atoms with E-state index in [1.54, 1.807) is 17.8 Å². The lowest BCUT2D eigenvalue weighted by atomic mass is 10.1. The van der Waals surface area contributed by atoms with Crippen molar-refractivity contribution in [2.24, 2.45) is 11.7 Å². The van der Waals surface area contributed by atoms with Crippen molar-refractivity contribution in [1.82, 2.24) is 9.55 Å². The van der Waals surface area contributed by atoms with Crippen LogP contribution in [0.1, 0.15) is 44.1 Å². The van der Waals surface area contributed by atoms with Crippen LogP contribution in [0.4, 0.5) is 4.79 Å². The Hall–Kier alpha value is -1.37. The summed E-state index contributed by atoms with van der Waals surface area (Å²) >= 11 is 13.9. The van der Waals surface area contributed by atoms with Gasteiger partial charge in [-0.3, -0.25) is 0 Å². The van der Waals surface area contributed by atoms with E-state index in [4.69, 9.17) is 38.7 Å². The highest BCUT2D eigenvalue weighted by Crippen LogP contribution is 2.40. The molecule has 1 aliphatic carbocycles. The van der Waals surface area contributed by atoms with E-state index in [1.165, 1.54) is 12.8 Å². The molecule has 0 radical (unpaired) electrons. The van der Waals surface area contributed by atoms with Crippen LogP contribution in [-0.4, -0.2) is 15.6 Å². The third-order valence-electron chi connectivity index (χ3n) is 4.10. The van der Waals surface area contributed by atoms with Crippen LogP contribution in [0.15, 0.2) is 28.1 Å². The average molecular weight is 414 g/mol. The summed E-state index contributed by atoms with van der Waals surface area (Å²) in [5, 5.41) is 2.22. The van der Waals surface area contributed by atoms with Gasteiger partial charge >= 0.3 is 6.09 Å². The van der Waals surface area contributed by atoms with Gasteiger partial charge in [0.2, 0.25) is 0 Å². The smallest absolute Gasteiger partial charge is 0.404 e. The Morgan fingerprint density at radius 1 is 1.35 bits per heavy atom. The van der Waals surface area contributed by atoms with Crippen molar-refractivity contribution in [2.75, 3.05) is 0 Å². The molecule has 1 aliphatic rings. The fourth-order valence-corrected chi connectivity index (χ4v) is 4.60. The molecule has 5 nitrogen and oxygen atoms in total. The minimum atomic E-state index is -0.798. The Morgan fingerprint density at radius 2 is 2.00 bits per heavy atom. The number of hydrogen-bond acceptors (Lipinski definition) is 4. The molecule has 2 aromatic rings. The number of nitrogens with two attached hydrogens (primary N) is 1. The Labute approximate surface area is 167 Å². The molecule has 1 heterocycles. The van der Waals surface area contributed by atoms with E-state index in [1.807, 2.05) is 12.1 Å². The van der Waals surface area contributed by atoms with E-state index < -0.39 is 6.09 Å². The second-order valence-electron chi connectivity index (χ2n) is 6.74. The van der Waals surface area contributed by atoms with Gasteiger partial charge in [-0.25, -0.2) is 9.78 Å². The topological polar surface area (TPSA) is 70.1 Å². The number of primary amides is 1. The molecule has 0 saturated heterocycles. The Kier molecular flexibility index (Phi) is 6.05. The van der Waals surface area contributed by atoms with Crippen LogP contribution >= 0.6 is 35.0 Å². The van der Waals surface area contributed by atoms with Crippen LogP contribution in [0.2, 0.25) is 10.0 Å². The van der Waals surface area contributed by atoms with Crippen molar-refractivity contribution < 1.29 is 9.53 Å². The van der Waals surface area contributed by atoms with Gasteiger partial charge in [0.25, 0.3) is 0 Å². The number of hydrogen-bond donors (Lipinski definition) is 1. The zero-order valence-corrected chi connectivity index (χ0v) is 17.0. The zero-order valence-electron chi connectivity index (χ0n) is 14.7. The number of imidazole rings is 1. The second-order valence-corrected chi connectivity index (χ2v) is 8.68. The van der Waals surface area contributed by atoms with Crippen LogP contribution in [0.5, 0.6) is 0 Å². The third kappa shape index (κ3) is 4.87. The molecular weight excluding hydrogens is 393 g/mol. The highest BCUT2D eigenvalue weighted by molar-refractivity contribution is 7.99. The second kappa shape index (κ2) is 8.11. The molecule has 3 rings (SSSR count). The van der Waals surface area contributed by atoms with Gasteiger partial charge in [-0.15, -0.1) is 0 Å². The highest BCUT2D eigenvalue weighted by Gasteiger charge is 2.27. The molecule has 0 atom stereocenters. The normalized spacial score (nSPS) is 14.0. The Balaban J connectivity index is 2.00. The average Bonchev–Trinajstić information content (AvgIpc) is 3.28. The molecule has 140 valence electrons. The van der Waals surface area contributed by atoms with Gasteiger partial charge in [0.05, 0.1) is 5.69 Å². The molecule has 0 bridgehead atoms. The van der Waals surface area contributed by atoms with E-state index >= 15 is 0 Å². The fraction of sp³-hybridized carbons (Fsp3) is 0.444. The summed E-state index contributed by atoms with van der Waals surface area (Å²) in [4.78, 5) is 16.7. The van der Waals surface area contributed by atoms with Gasteiger partial charge in [0.1, 0.15) is 10.9 Å². The number of amides is 1. The van der Waals surface area contributed by atoms with Gasteiger partial charge in [-0.2, -0.15) is 0 Å². The number of carbonyl (C=O) groups excluding carboxylic acids is 1. The van der Waals surface area contributed by atoms with Crippen molar-refractivity contribution in [3.63, 3.8) is 0 Å². The first kappa shape index (κ1) is 19.4. The number of carbonyl (C=O) groups is 1. The number of ether oxygens (including phenoxy) is 1. The molecule has 0 aliphatic heterocycles.